The number of carboxylic acid groups (broad SMARTS) is 2. The first-order valence-electron chi connectivity index (χ1n) is 5.08. The molecule has 0 aromatic heterocycles. The van der Waals surface area contributed by atoms with Crippen LogP contribution in [0.3, 0.4) is 0 Å². The number of hydrogen-bond donors (Lipinski definition) is 5. The second-order valence-electron chi connectivity index (χ2n) is 3.56. The van der Waals surface area contributed by atoms with Crippen LogP contribution < -0.4 is 16.8 Å². The molecule has 2 atom stereocenters. The minimum Gasteiger partial charge on any atom is -0.481 e. The molecule has 1 amide bonds. The molecule has 17 heavy (non-hydrogen) atoms. The maximum absolute atomic E-state index is 11.3. The van der Waals surface area contributed by atoms with Crippen molar-refractivity contribution in [2.75, 3.05) is 6.54 Å². The highest BCUT2D eigenvalue weighted by atomic mass is 16.4. The number of nitrogens with one attached hydrogen (secondary N) is 1. The van der Waals surface area contributed by atoms with E-state index in [1.54, 1.807) is 0 Å². The van der Waals surface area contributed by atoms with Crippen molar-refractivity contribution in [3.8, 4) is 0 Å². The molecule has 8 nitrogen and oxygen atoms in total. The van der Waals surface area contributed by atoms with E-state index < -0.39 is 29.9 Å². The molecule has 0 unspecified atom stereocenters. The van der Waals surface area contributed by atoms with Crippen LogP contribution in [0.1, 0.15) is 19.3 Å². The summed E-state index contributed by atoms with van der Waals surface area (Å²) in [6, 6.07) is -1.95. The van der Waals surface area contributed by atoms with Gasteiger partial charge in [0.25, 0.3) is 0 Å². The van der Waals surface area contributed by atoms with Gasteiger partial charge in [-0.2, -0.15) is 0 Å². The van der Waals surface area contributed by atoms with E-state index in [0.717, 1.165) is 0 Å². The Kier molecular flexibility index (Phi) is 6.83. The number of nitrogens with two attached hydrogens (primary N) is 2. The fraction of sp³-hybridized carbons (Fsp3) is 0.667. The van der Waals surface area contributed by atoms with E-state index in [0.29, 0.717) is 0 Å². The summed E-state index contributed by atoms with van der Waals surface area (Å²) in [5, 5.41) is 19.3. The van der Waals surface area contributed by atoms with Crippen molar-refractivity contribution in [2.45, 2.75) is 31.3 Å². The van der Waals surface area contributed by atoms with Gasteiger partial charge in [0.1, 0.15) is 6.04 Å². The molecule has 0 spiro atoms. The van der Waals surface area contributed by atoms with Crippen LogP contribution in [0, 0.1) is 0 Å². The Morgan fingerprint density at radius 3 is 2.12 bits per heavy atom. The quantitative estimate of drug-likeness (QED) is 0.335. The first kappa shape index (κ1) is 15.3. The number of aliphatic carboxylic acids is 2. The molecule has 0 heterocycles. The van der Waals surface area contributed by atoms with Crippen LogP contribution in [0.25, 0.3) is 0 Å². The molecule has 0 aliphatic heterocycles. The monoisotopic (exact) mass is 247 g/mol. The third kappa shape index (κ3) is 7.25. The van der Waals surface area contributed by atoms with Crippen LogP contribution in [0.2, 0.25) is 0 Å². The van der Waals surface area contributed by atoms with Gasteiger partial charge in [0.2, 0.25) is 5.91 Å². The summed E-state index contributed by atoms with van der Waals surface area (Å²) in [6.45, 7) is 0.0903. The van der Waals surface area contributed by atoms with Crippen LogP contribution in [-0.4, -0.2) is 46.7 Å². The average Bonchev–Trinajstić information content (AvgIpc) is 2.25. The number of carbonyl (C=O) groups is 3. The molecule has 0 aliphatic carbocycles. The van der Waals surface area contributed by atoms with E-state index in [9.17, 15) is 14.4 Å². The van der Waals surface area contributed by atoms with E-state index in [-0.39, 0.29) is 25.8 Å². The predicted octanol–water partition coefficient (Wildman–Crippen LogP) is -1.90. The van der Waals surface area contributed by atoms with Crippen LogP contribution in [0.15, 0.2) is 0 Å². The van der Waals surface area contributed by atoms with Crippen molar-refractivity contribution in [1.82, 2.24) is 5.32 Å². The van der Waals surface area contributed by atoms with Crippen molar-refractivity contribution in [3.63, 3.8) is 0 Å². The lowest BCUT2D eigenvalue weighted by atomic mass is 10.1. The van der Waals surface area contributed by atoms with Crippen molar-refractivity contribution in [2.24, 2.45) is 11.5 Å². The summed E-state index contributed by atoms with van der Waals surface area (Å²) in [7, 11) is 0. The lowest BCUT2D eigenvalue weighted by Crippen LogP contribution is -2.43. The van der Waals surface area contributed by atoms with Gasteiger partial charge in [-0.1, -0.05) is 0 Å². The molecule has 8 heteroatoms. The van der Waals surface area contributed by atoms with Gasteiger partial charge in [0, 0.05) is 13.0 Å². The van der Waals surface area contributed by atoms with Gasteiger partial charge in [-0.05, 0) is 12.8 Å². The second-order valence-corrected chi connectivity index (χ2v) is 3.56. The van der Waals surface area contributed by atoms with Crippen LogP contribution in [0.4, 0.5) is 0 Å². The summed E-state index contributed by atoms with van der Waals surface area (Å²) in [5.74, 6) is -2.68. The van der Waals surface area contributed by atoms with E-state index in [1.165, 1.54) is 0 Å². The Bertz CT molecular complexity index is 294. The molecule has 0 fully saturated rings. The molecular weight excluding hydrogens is 230 g/mol. The molecule has 0 aromatic carbocycles. The third-order valence-electron chi connectivity index (χ3n) is 2.08. The topological polar surface area (TPSA) is 156 Å². The average molecular weight is 247 g/mol. The number of amides is 1. The molecule has 0 aliphatic rings. The minimum absolute atomic E-state index is 0.0339. The predicted molar refractivity (Wildman–Crippen MR) is 58.1 cm³/mol. The second kappa shape index (κ2) is 7.58. The smallest absolute Gasteiger partial charge is 0.320 e. The summed E-state index contributed by atoms with van der Waals surface area (Å²) in [6.07, 6.45) is -0.0674. The molecule has 0 saturated carbocycles. The first-order valence-corrected chi connectivity index (χ1v) is 5.08. The van der Waals surface area contributed by atoms with Crippen molar-refractivity contribution in [1.29, 1.82) is 0 Å². The highest BCUT2D eigenvalue weighted by Crippen LogP contribution is 1.95. The van der Waals surface area contributed by atoms with Gasteiger partial charge in [-0.15, -0.1) is 0 Å². The van der Waals surface area contributed by atoms with Crippen molar-refractivity contribution < 1.29 is 24.6 Å². The minimum atomic E-state index is -1.14. The van der Waals surface area contributed by atoms with Gasteiger partial charge in [0.05, 0.1) is 6.04 Å². The molecule has 0 aromatic rings. The maximum Gasteiger partial charge on any atom is 0.320 e. The van der Waals surface area contributed by atoms with E-state index >= 15 is 0 Å². The van der Waals surface area contributed by atoms with Gasteiger partial charge < -0.3 is 27.0 Å². The van der Waals surface area contributed by atoms with Crippen LogP contribution in [0.5, 0.6) is 0 Å². The Balaban J connectivity index is 3.78. The Morgan fingerprint density at radius 2 is 1.65 bits per heavy atom. The summed E-state index contributed by atoms with van der Waals surface area (Å²) in [4.78, 5) is 31.9. The fourth-order valence-corrected chi connectivity index (χ4v) is 1.02. The Hall–Kier alpha value is -1.67. The van der Waals surface area contributed by atoms with Crippen molar-refractivity contribution in [3.05, 3.63) is 0 Å². The zero-order chi connectivity index (χ0) is 13.4. The van der Waals surface area contributed by atoms with Gasteiger partial charge in [0.15, 0.2) is 0 Å². The largest absolute Gasteiger partial charge is 0.481 e. The lowest BCUT2D eigenvalue weighted by molar-refractivity contribution is -0.139. The molecule has 7 N–H and O–H groups in total. The Labute approximate surface area is 98.0 Å². The molecule has 0 saturated heterocycles. The molecule has 0 bridgehead atoms. The van der Waals surface area contributed by atoms with Crippen LogP contribution in [-0.2, 0) is 14.4 Å². The summed E-state index contributed by atoms with van der Waals surface area (Å²) < 4.78 is 0. The number of hydrogen-bond acceptors (Lipinski definition) is 5. The zero-order valence-electron chi connectivity index (χ0n) is 9.26. The van der Waals surface area contributed by atoms with Gasteiger partial charge in [-0.3, -0.25) is 14.4 Å². The fourth-order valence-electron chi connectivity index (χ4n) is 1.02. The molecule has 98 valence electrons. The highest BCUT2D eigenvalue weighted by Gasteiger charge is 2.16. The third-order valence-corrected chi connectivity index (χ3v) is 2.08. The normalized spacial score (nSPS) is 13.8. The van der Waals surface area contributed by atoms with Crippen LogP contribution >= 0.6 is 0 Å². The summed E-state index contributed by atoms with van der Waals surface area (Å²) >= 11 is 0. The number of rotatable bonds is 8. The van der Waals surface area contributed by atoms with E-state index in [4.69, 9.17) is 21.7 Å². The van der Waals surface area contributed by atoms with Gasteiger partial charge in [-0.25, -0.2) is 0 Å². The maximum atomic E-state index is 11.3. The lowest BCUT2D eigenvalue weighted by Gasteiger charge is -2.12. The number of carbonyl (C=O) groups excluding carboxylic acids is 1. The zero-order valence-corrected chi connectivity index (χ0v) is 9.26. The SMILES string of the molecule is N[C@@H](CCNC(=O)[C@@H](N)CCC(=O)O)C(=O)O. The first-order chi connectivity index (χ1) is 7.84. The van der Waals surface area contributed by atoms with Gasteiger partial charge >= 0.3 is 11.9 Å². The summed E-state index contributed by atoms with van der Waals surface area (Å²) in [5.41, 5.74) is 10.6. The molecule has 0 rings (SSSR count). The standard InChI is InChI=1S/C9H17N3O5/c10-5(1-2-7(13)14)8(15)12-4-3-6(11)9(16)17/h5-6H,1-4,10-11H2,(H,12,15)(H,13,14)(H,16,17)/t5-,6-/m0/s1. The highest BCUT2D eigenvalue weighted by molar-refractivity contribution is 5.82. The molecule has 0 radical (unpaired) electrons. The Morgan fingerprint density at radius 1 is 1.06 bits per heavy atom. The molecular formula is C9H17N3O5. The van der Waals surface area contributed by atoms with E-state index in [1.807, 2.05) is 0 Å². The van der Waals surface area contributed by atoms with E-state index in [2.05, 4.69) is 5.32 Å². The van der Waals surface area contributed by atoms with Crippen molar-refractivity contribution >= 4 is 17.8 Å². The number of carboxylic acids is 2.